The zero-order valence-corrected chi connectivity index (χ0v) is 13.6. The van der Waals surface area contributed by atoms with Crippen LogP contribution in [0.3, 0.4) is 0 Å². The summed E-state index contributed by atoms with van der Waals surface area (Å²) in [5, 5.41) is 4.50. The molecule has 0 aromatic heterocycles. The van der Waals surface area contributed by atoms with Gasteiger partial charge >= 0.3 is 0 Å². The number of nitrogens with one attached hydrogen (secondary N) is 1. The third-order valence-electron chi connectivity index (χ3n) is 2.94. The van der Waals surface area contributed by atoms with Gasteiger partial charge in [-0.05, 0) is 17.7 Å². The number of halogens is 2. The lowest BCUT2D eigenvalue weighted by atomic mass is 10.1. The summed E-state index contributed by atoms with van der Waals surface area (Å²) in [5.74, 6) is -0.407. The second-order valence-corrected chi connectivity index (χ2v) is 7.89. The van der Waals surface area contributed by atoms with Crippen molar-refractivity contribution in [2.75, 3.05) is 5.75 Å². The Balaban J connectivity index is 1.85. The van der Waals surface area contributed by atoms with Crippen LogP contribution < -0.4 is 5.32 Å². The van der Waals surface area contributed by atoms with Crippen molar-refractivity contribution < 1.29 is 13.2 Å². The van der Waals surface area contributed by atoms with E-state index in [-0.39, 0.29) is 24.0 Å². The maximum atomic E-state index is 11.8. The summed E-state index contributed by atoms with van der Waals surface area (Å²) in [7, 11) is -3.11. The Kier molecular flexibility index (Phi) is 4.88. The molecule has 1 unspecified atom stereocenters. The molecule has 2 rings (SSSR count). The van der Waals surface area contributed by atoms with Gasteiger partial charge in [-0.2, -0.15) is 0 Å². The zero-order chi connectivity index (χ0) is 14.8. The molecule has 7 heteroatoms. The minimum atomic E-state index is -3.11. The molecule has 108 valence electrons. The van der Waals surface area contributed by atoms with E-state index in [0.29, 0.717) is 11.6 Å². The highest BCUT2D eigenvalue weighted by molar-refractivity contribution is 9.10. The molecule has 1 atom stereocenters. The van der Waals surface area contributed by atoms with Gasteiger partial charge in [0.1, 0.15) is 0 Å². The second kappa shape index (κ2) is 6.28. The number of benzene rings is 1. The van der Waals surface area contributed by atoms with Gasteiger partial charge in [0.2, 0.25) is 5.91 Å². The third-order valence-corrected chi connectivity index (χ3v) is 5.25. The maximum Gasteiger partial charge on any atom is 0.220 e. The van der Waals surface area contributed by atoms with Crippen molar-refractivity contribution in [2.24, 2.45) is 5.92 Å². The van der Waals surface area contributed by atoms with Crippen molar-refractivity contribution in [1.82, 2.24) is 5.32 Å². The van der Waals surface area contributed by atoms with E-state index in [4.69, 9.17) is 11.6 Å². The van der Waals surface area contributed by atoms with Crippen LogP contribution in [0.2, 0.25) is 5.02 Å². The van der Waals surface area contributed by atoms with Crippen molar-refractivity contribution >= 4 is 43.3 Å². The number of allylic oxidation sites excluding steroid dienone is 1. The van der Waals surface area contributed by atoms with Gasteiger partial charge in [-0.25, -0.2) is 8.42 Å². The number of sulfone groups is 1. The number of carbonyl (C=O) groups excluding carboxylic acids is 1. The van der Waals surface area contributed by atoms with E-state index in [2.05, 4.69) is 21.2 Å². The summed E-state index contributed by atoms with van der Waals surface area (Å²) in [6.45, 7) is 0.328. The normalized spacial score (nSPS) is 20.0. The summed E-state index contributed by atoms with van der Waals surface area (Å²) in [4.78, 5) is 11.8. The minimum Gasteiger partial charge on any atom is -0.352 e. The van der Waals surface area contributed by atoms with Crippen LogP contribution in [0.4, 0.5) is 0 Å². The fourth-order valence-electron chi connectivity index (χ4n) is 1.94. The van der Waals surface area contributed by atoms with Crippen LogP contribution in [0.5, 0.6) is 0 Å². The first kappa shape index (κ1) is 15.5. The number of hydrogen-bond acceptors (Lipinski definition) is 3. The van der Waals surface area contributed by atoms with Crippen molar-refractivity contribution in [1.29, 1.82) is 0 Å². The van der Waals surface area contributed by atoms with Crippen LogP contribution in [-0.2, 0) is 21.2 Å². The van der Waals surface area contributed by atoms with Crippen LogP contribution >= 0.6 is 27.5 Å². The van der Waals surface area contributed by atoms with Gasteiger partial charge in [0.15, 0.2) is 9.84 Å². The van der Waals surface area contributed by atoms with E-state index in [0.717, 1.165) is 10.0 Å². The Morgan fingerprint density at radius 3 is 2.80 bits per heavy atom. The standard InChI is InChI=1S/C13H13BrClNO3S/c14-11-2-1-10(12(15)6-11)7-16-13(17)5-9-3-4-20(18,19)8-9/h1-4,6,9H,5,7-8H2,(H,16,17). The first-order valence-corrected chi connectivity index (χ1v) is 8.86. The van der Waals surface area contributed by atoms with Crippen molar-refractivity contribution in [3.8, 4) is 0 Å². The molecule has 1 amide bonds. The lowest BCUT2D eigenvalue weighted by molar-refractivity contribution is -0.121. The van der Waals surface area contributed by atoms with Crippen LogP contribution in [-0.4, -0.2) is 20.1 Å². The molecule has 0 radical (unpaired) electrons. The topological polar surface area (TPSA) is 63.2 Å². The highest BCUT2D eigenvalue weighted by Crippen LogP contribution is 2.21. The van der Waals surface area contributed by atoms with Gasteiger partial charge in [0, 0.05) is 33.8 Å². The number of hydrogen-bond donors (Lipinski definition) is 1. The minimum absolute atomic E-state index is 0.0134. The van der Waals surface area contributed by atoms with Crippen LogP contribution in [0.15, 0.2) is 34.2 Å². The molecule has 1 N–H and O–H groups in total. The smallest absolute Gasteiger partial charge is 0.220 e. The fraction of sp³-hybridized carbons (Fsp3) is 0.308. The second-order valence-electron chi connectivity index (χ2n) is 4.63. The lowest BCUT2D eigenvalue weighted by Crippen LogP contribution is -2.25. The molecule has 1 aliphatic heterocycles. The molecule has 0 spiro atoms. The molecule has 0 aliphatic carbocycles. The molecule has 0 saturated heterocycles. The zero-order valence-electron chi connectivity index (χ0n) is 10.5. The summed E-state index contributed by atoms with van der Waals surface area (Å²) < 4.78 is 23.3. The monoisotopic (exact) mass is 377 g/mol. The Morgan fingerprint density at radius 1 is 1.45 bits per heavy atom. The molecule has 20 heavy (non-hydrogen) atoms. The summed E-state index contributed by atoms with van der Waals surface area (Å²) in [5.41, 5.74) is 0.817. The summed E-state index contributed by atoms with van der Waals surface area (Å²) in [6, 6.07) is 5.43. The summed E-state index contributed by atoms with van der Waals surface area (Å²) >= 11 is 9.36. The van der Waals surface area contributed by atoms with Gasteiger partial charge in [-0.1, -0.05) is 39.7 Å². The van der Waals surface area contributed by atoms with E-state index in [1.54, 1.807) is 12.1 Å². The largest absolute Gasteiger partial charge is 0.352 e. The van der Waals surface area contributed by atoms with Crippen LogP contribution in [0.1, 0.15) is 12.0 Å². The molecule has 4 nitrogen and oxygen atoms in total. The van der Waals surface area contributed by atoms with Gasteiger partial charge < -0.3 is 5.32 Å². The van der Waals surface area contributed by atoms with E-state index < -0.39 is 9.84 Å². The average molecular weight is 379 g/mol. The molecular formula is C13H13BrClNO3S. The molecular weight excluding hydrogens is 366 g/mol. The van der Waals surface area contributed by atoms with Crippen LogP contribution in [0.25, 0.3) is 0 Å². The Bertz CT molecular complexity index is 658. The van der Waals surface area contributed by atoms with Crippen molar-refractivity contribution in [3.63, 3.8) is 0 Å². The average Bonchev–Trinajstić information content (AvgIpc) is 2.67. The maximum absolute atomic E-state index is 11.8. The molecule has 0 bridgehead atoms. The van der Waals surface area contributed by atoms with Gasteiger partial charge in [0.25, 0.3) is 0 Å². The quantitative estimate of drug-likeness (QED) is 0.876. The highest BCUT2D eigenvalue weighted by Gasteiger charge is 2.23. The Morgan fingerprint density at radius 2 is 2.20 bits per heavy atom. The molecule has 1 aromatic carbocycles. The number of amides is 1. The van der Waals surface area contributed by atoms with Gasteiger partial charge in [-0.15, -0.1) is 0 Å². The SMILES string of the molecule is O=C(CC1C=CS(=O)(=O)C1)NCc1ccc(Br)cc1Cl. The Labute approximate surface area is 131 Å². The number of rotatable bonds is 4. The third kappa shape index (κ3) is 4.33. The van der Waals surface area contributed by atoms with E-state index >= 15 is 0 Å². The van der Waals surface area contributed by atoms with Crippen LogP contribution in [0, 0.1) is 5.92 Å². The predicted molar refractivity (Wildman–Crippen MR) is 82.0 cm³/mol. The first-order valence-electron chi connectivity index (χ1n) is 5.97. The van der Waals surface area contributed by atoms with Crippen molar-refractivity contribution in [3.05, 3.63) is 44.7 Å². The predicted octanol–water partition coefficient (Wildman–Crippen LogP) is 2.67. The molecule has 1 heterocycles. The van der Waals surface area contributed by atoms with Gasteiger partial charge in [-0.3, -0.25) is 4.79 Å². The van der Waals surface area contributed by atoms with Crippen molar-refractivity contribution in [2.45, 2.75) is 13.0 Å². The van der Waals surface area contributed by atoms with E-state index in [9.17, 15) is 13.2 Å². The van der Waals surface area contributed by atoms with E-state index in [1.807, 2.05) is 12.1 Å². The Hall–Kier alpha value is -0.850. The molecule has 0 saturated carbocycles. The highest BCUT2D eigenvalue weighted by atomic mass is 79.9. The molecule has 0 fully saturated rings. The number of carbonyl (C=O) groups is 1. The molecule has 1 aliphatic rings. The first-order chi connectivity index (χ1) is 9.35. The summed E-state index contributed by atoms with van der Waals surface area (Å²) in [6.07, 6.45) is 1.74. The fourth-order valence-corrected chi connectivity index (χ4v) is 4.08. The molecule has 1 aromatic rings. The lowest BCUT2D eigenvalue weighted by Gasteiger charge is -2.09. The van der Waals surface area contributed by atoms with E-state index in [1.165, 1.54) is 5.41 Å². The van der Waals surface area contributed by atoms with Gasteiger partial charge in [0.05, 0.1) is 5.75 Å².